The Morgan fingerprint density at radius 1 is 1.06 bits per heavy atom. The number of benzene rings is 2. The summed E-state index contributed by atoms with van der Waals surface area (Å²) >= 11 is 6.12. The van der Waals surface area contributed by atoms with Crippen molar-refractivity contribution < 1.29 is 14.3 Å². The summed E-state index contributed by atoms with van der Waals surface area (Å²) in [6.45, 7) is 6.04. The van der Waals surface area contributed by atoms with Gasteiger partial charge in [-0.05, 0) is 68.7 Å². The Hall–Kier alpha value is -2.99. The van der Waals surface area contributed by atoms with Gasteiger partial charge in [0.15, 0.2) is 0 Å². The van der Waals surface area contributed by atoms with E-state index in [2.05, 4.69) is 11.9 Å². The molecule has 0 bridgehead atoms. The number of hydrogen-bond donors (Lipinski definition) is 1. The molecule has 1 N–H and O–H groups in total. The highest BCUT2D eigenvalue weighted by molar-refractivity contribution is 6.31. The van der Waals surface area contributed by atoms with Crippen LogP contribution >= 0.6 is 11.6 Å². The summed E-state index contributed by atoms with van der Waals surface area (Å²) < 4.78 is 5.94. The van der Waals surface area contributed by atoms with Crippen molar-refractivity contribution >= 4 is 34.3 Å². The Labute approximate surface area is 193 Å². The van der Waals surface area contributed by atoms with E-state index in [9.17, 15) is 9.59 Å². The van der Waals surface area contributed by atoms with Gasteiger partial charge in [0.25, 0.3) is 11.8 Å². The molecular formula is C25H28ClN3O3. The van der Waals surface area contributed by atoms with Crippen molar-refractivity contribution in [2.75, 3.05) is 33.3 Å². The highest BCUT2D eigenvalue weighted by Crippen LogP contribution is 2.26. The van der Waals surface area contributed by atoms with Crippen LogP contribution in [0.25, 0.3) is 10.9 Å². The molecule has 0 atom stereocenters. The molecule has 1 aliphatic rings. The van der Waals surface area contributed by atoms with Gasteiger partial charge in [-0.25, -0.2) is 0 Å². The number of aromatic amines is 1. The van der Waals surface area contributed by atoms with Gasteiger partial charge < -0.3 is 19.5 Å². The van der Waals surface area contributed by atoms with Crippen molar-refractivity contribution in [2.24, 2.45) is 0 Å². The average Bonchev–Trinajstić information content (AvgIpc) is 3.07. The zero-order chi connectivity index (χ0) is 22.8. The van der Waals surface area contributed by atoms with Crippen LogP contribution < -0.4 is 4.74 Å². The lowest BCUT2D eigenvalue weighted by atomic mass is 10.1. The van der Waals surface area contributed by atoms with E-state index in [1.807, 2.05) is 30.0 Å². The number of carbonyl (C=O) groups is 2. The second kappa shape index (κ2) is 9.25. The number of fused-ring (bicyclic) bond motifs is 2. The number of aromatic nitrogens is 1. The number of rotatable bonds is 1. The maximum absolute atomic E-state index is 13.4. The molecule has 2 heterocycles. The van der Waals surface area contributed by atoms with Crippen molar-refractivity contribution in [1.29, 1.82) is 0 Å². The Balaban J connectivity index is 1.57. The molecule has 0 aliphatic carbocycles. The van der Waals surface area contributed by atoms with E-state index in [0.29, 0.717) is 48.1 Å². The summed E-state index contributed by atoms with van der Waals surface area (Å²) in [6, 6.07) is 10.9. The van der Waals surface area contributed by atoms with E-state index in [4.69, 9.17) is 16.3 Å². The predicted octanol–water partition coefficient (Wildman–Crippen LogP) is 4.83. The van der Waals surface area contributed by atoms with Crippen molar-refractivity contribution in [3.8, 4) is 5.75 Å². The summed E-state index contributed by atoms with van der Waals surface area (Å²) in [6.07, 6.45) is 1.61. The van der Waals surface area contributed by atoms with Crippen LogP contribution in [0.3, 0.4) is 0 Å². The zero-order valence-corrected chi connectivity index (χ0v) is 19.5. The Morgan fingerprint density at radius 2 is 1.84 bits per heavy atom. The van der Waals surface area contributed by atoms with Gasteiger partial charge in [-0.15, -0.1) is 0 Å². The Bertz CT molecular complexity index is 1170. The number of H-pyrrole nitrogens is 1. The first kappa shape index (κ1) is 22.2. The lowest BCUT2D eigenvalue weighted by Crippen LogP contribution is -2.37. The normalized spacial score (nSPS) is 15.7. The third-order valence-electron chi connectivity index (χ3n) is 6.15. The van der Waals surface area contributed by atoms with Crippen LogP contribution in [-0.2, 0) is 0 Å². The number of hydrogen-bond acceptors (Lipinski definition) is 3. The third-order valence-corrected chi connectivity index (χ3v) is 6.39. The lowest BCUT2D eigenvalue weighted by Gasteiger charge is -2.26. The number of amides is 2. The van der Waals surface area contributed by atoms with Crippen LogP contribution in [-0.4, -0.2) is 59.9 Å². The molecule has 6 nitrogen and oxygen atoms in total. The Kier molecular flexibility index (Phi) is 6.42. The van der Waals surface area contributed by atoms with E-state index in [-0.39, 0.29) is 11.8 Å². The summed E-state index contributed by atoms with van der Waals surface area (Å²) in [5, 5.41) is 1.56. The summed E-state index contributed by atoms with van der Waals surface area (Å²) in [5.41, 5.74) is 4.43. The van der Waals surface area contributed by atoms with Crippen molar-refractivity contribution in [1.82, 2.24) is 14.8 Å². The number of ether oxygens (including phenoxy) is 1. The SMILES string of the molecule is Cc1[nH]c2ccc(C(=O)N3CCCCN(C)C(=O)c4cc(Cl)ccc4OCC3)cc2c1C. The molecule has 0 spiro atoms. The van der Waals surface area contributed by atoms with Crippen LogP contribution in [0, 0.1) is 13.8 Å². The van der Waals surface area contributed by atoms with E-state index in [1.54, 1.807) is 30.1 Å². The van der Waals surface area contributed by atoms with Gasteiger partial charge in [0.1, 0.15) is 12.4 Å². The minimum absolute atomic E-state index is 0.00780. The number of nitrogens with one attached hydrogen (secondary N) is 1. The molecule has 2 aromatic carbocycles. The number of halogens is 1. The largest absolute Gasteiger partial charge is 0.491 e. The molecule has 0 saturated heterocycles. The molecule has 0 radical (unpaired) electrons. The molecule has 0 saturated carbocycles. The highest BCUT2D eigenvalue weighted by atomic mass is 35.5. The van der Waals surface area contributed by atoms with Crippen molar-refractivity contribution in [3.05, 3.63) is 63.8 Å². The quantitative estimate of drug-likeness (QED) is 0.574. The molecule has 0 unspecified atom stereocenters. The monoisotopic (exact) mass is 453 g/mol. The lowest BCUT2D eigenvalue weighted by molar-refractivity contribution is 0.0704. The van der Waals surface area contributed by atoms with E-state index in [1.165, 1.54) is 0 Å². The minimum atomic E-state index is -0.110. The van der Waals surface area contributed by atoms with Crippen LogP contribution in [0.5, 0.6) is 5.75 Å². The van der Waals surface area contributed by atoms with Gasteiger partial charge in [0.05, 0.1) is 12.1 Å². The molecule has 2 amide bonds. The van der Waals surface area contributed by atoms with Crippen LogP contribution in [0.4, 0.5) is 0 Å². The van der Waals surface area contributed by atoms with Crippen molar-refractivity contribution in [3.63, 3.8) is 0 Å². The summed E-state index contributed by atoms with van der Waals surface area (Å²) in [5.74, 6) is 0.368. The smallest absolute Gasteiger partial charge is 0.257 e. The van der Waals surface area contributed by atoms with Gasteiger partial charge in [0, 0.05) is 47.3 Å². The Morgan fingerprint density at radius 3 is 2.66 bits per heavy atom. The molecule has 7 heteroatoms. The molecule has 3 aromatic rings. The molecule has 0 fully saturated rings. The van der Waals surface area contributed by atoms with Crippen molar-refractivity contribution in [2.45, 2.75) is 26.7 Å². The maximum atomic E-state index is 13.4. The van der Waals surface area contributed by atoms with Crippen LogP contribution in [0.15, 0.2) is 36.4 Å². The molecule has 32 heavy (non-hydrogen) atoms. The number of nitrogens with zero attached hydrogens (tertiary/aromatic N) is 2. The topological polar surface area (TPSA) is 65.6 Å². The van der Waals surface area contributed by atoms with Gasteiger partial charge in [0.2, 0.25) is 0 Å². The average molecular weight is 454 g/mol. The molecular weight excluding hydrogens is 426 g/mol. The number of carbonyl (C=O) groups excluding carboxylic acids is 2. The summed E-state index contributed by atoms with van der Waals surface area (Å²) in [4.78, 5) is 33.1. The maximum Gasteiger partial charge on any atom is 0.257 e. The fraction of sp³-hybridized carbons (Fsp3) is 0.360. The van der Waals surface area contributed by atoms with Gasteiger partial charge >= 0.3 is 0 Å². The minimum Gasteiger partial charge on any atom is -0.491 e. The first-order valence-corrected chi connectivity index (χ1v) is 11.3. The van der Waals surface area contributed by atoms with Crippen LogP contribution in [0.2, 0.25) is 5.02 Å². The molecule has 1 aliphatic heterocycles. The molecule has 1 aromatic heterocycles. The standard InChI is InChI=1S/C25H28ClN3O3/c1-16-17(2)27-22-8-6-18(14-20(16)22)24(30)29-11-5-4-10-28(3)25(31)21-15-19(26)7-9-23(21)32-13-12-29/h6-9,14-15,27H,4-5,10-13H2,1-3H3. The highest BCUT2D eigenvalue weighted by Gasteiger charge is 2.21. The zero-order valence-electron chi connectivity index (χ0n) is 18.7. The third kappa shape index (κ3) is 4.46. The van der Waals surface area contributed by atoms with Gasteiger partial charge in [-0.1, -0.05) is 11.6 Å². The predicted molar refractivity (Wildman–Crippen MR) is 127 cm³/mol. The molecule has 168 valence electrons. The van der Waals surface area contributed by atoms with E-state index in [0.717, 1.165) is 35.0 Å². The summed E-state index contributed by atoms with van der Waals surface area (Å²) in [7, 11) is 1.78. The molecule has 4 rings (SSSR count). The van der Waals surface area contributed by atoms with E-state index >= 15 is 0 Å². The fourth-order valence-corrected chi connectivity index (χ4v) is 4.28. The first-order chi connectivity index (χ1) is 15.3. The van der Waals surface area contributed by atoms with Gasteiger partial charge in [-0.3, -0.25) is 9.59 Å². The second-order valence-corrected chi connectivity index (χ2v) is 8.79. The second-order valence-electron chi connectivity index (χ2n) is 8.35. The van der Waals surface area contributed by atoms with E-state index < -0.39 is 0 Å². The first-order valence-electron chi connectivity index (χ1n) is 10.9. The fourth-order valence-electron chi connectivity index (χ4n) is 4.11. The van der Waals surface area contributed by atoms with Gasteiger partial charge in [-0.2, -0.15) is 0 Å². The van der Waals surface area contributed by atoms with Crippen LogP contribution in [0.1, 0.15) is 44.8 Å². The number of aryl methyl sites for hydroxylation is 2.